The monoisotopic (exact) mass is 306 g/mol. The summed E-state index contributed by atoms with van der Waals surface area (Å²) in [7, 11) is -2.46. The fraction of sp³-hybridized carbons (Fsp3) is 0.923. The van der Waals surface area contributed by atoms with Crippen molar-refractivity contribution in [2.75, 3.05) is 20.2 Å². The van der Waals surface area contributed by atoms with Gasteiger partial charge in [0.2, 0.25) is 10.0 Å². The fourth-order valence-electron chi connectivity index (χ4n) is 2.37. The number of sulfonamides is 1. The Balaban J connectivity index is 2.27. The van der Waals surface area contributed by atoms with Gasteiger partial charge in [-0.05, 0) is 19.8 Å². The lowest BCUT2D eigenvalue weighted by atomic mass is 10.1. The third-order valence-corrected chi connectivity index (χ3v) is 5.44. The van der Waals surface area contributed by atoms with Gasteiger partial charge in [-0.3, -0.25) is 4.79 Å². The first-order valence-electron chi connectivity index (χ1n) is 7.27. The Kier molecular flexibility index (Phi) is 7.47. The number of ether oxygens (including phenoxy) is 1. The summed E-state index contributed by atoms with van der Waals surface area (Å²) in [5.41, 5.74) is 0. The average Bonchev–Trinajstić information content (AvgIpc) is 2.70. The zero-order valence-corrected chi connectivity index (χ0v) is 13.2. The first-order valence-corrected chi connectivity index (χ1v) is 8.81. The number of methoxy groups -OCH3 is 1. The molecule has 0 amide bonds. The van der Waals surface area contributed by atoms with E-state index in [1.165, 1.54) is 39.7 Å². The maximum absolute atomic E-state index is 11.8. The normalized spacial score (nSPS) is 19.3. The zero-order valence-electron chi connectivity index (χ0n) is 12.4. The van der Waals surface area contributed by atoms with Gasteiger partial charge in [-0.25, -0.2) is 13.1 Å². The van der Waals surface area contributed by atoms with E-state index in [2.05, 4.69) is 14.8 Å². The summed E-state index contributed by atoms with van der Waals surface area (Å²) in [6.07, 6.45) is 7.38. The minimum absolute atomic E-state index is 0.292. The molecule has 2 N–H and O–H groups in total. The quantitative estimate of drug-likeness (QED) is 0.412. The summed E-state index contributed by atoms with van der Waals surface area (Å²) in [5.74, 6) is -0.741. The Bertz CT molecular complexity index is 389. The van der Waals surface area contributed by atoms with Crippen LogP contribution in [0.3, 0.4) is 0 Å². The van der Waals surface area contributed by atoms with Crippen LogP contribution in [-0.2, 0) is 19.6 Å². The van der Waals surface area contributed by atoms with Crippen LogP contribution in [0, 0.1) is 0 Å². The molecule has 0 saturated heterocycles. The van der Waals surface area contributed by atoms with Crippen LogP contribution in [0.25, 0.3) is 0 Å². The van der Waals surface area contributed by atoms with Gasteiger partial charge in [0.1, 0.15) is 0 Å². The molecule has 1 aliphatic rings. The molecular formula is C13H26N2O4S. The fourth-order valence-corrected chi connectivity index (χ4v) is 3.36. The maximum atomic E-state index is 11.8. The molecule has 0 aromatic heterocycles. The van der Waals surface area contributed by atoms with E-state index in [9.17, 15) is 13.2 Å². The van der Waals surface area contributed by atoms with Crippen LogP contribution in [0.15, 0.2) is 0 Å². The average molecular weight is 306 g/mol. The van der Waals surface area contributed by atoms with Gasteiger partial charge in [-0.2, -0.15) is 0 Å². The van der Waals surface area contributed by atoms with Gasteiger partial charge in [0, 0.05) is 19.1 Å². The molecule has 0 aromatic carbocycles. The highest BCUT2D eigenvalue weighted by Gasteiger charge is 2.28. The molecule has 0 heterocycles. The summed E-state index contributed by atoms with van der Waals surface area (Å²) in [4.78, 5) is 11.2. The lowest BCUT2D eigenvalue weighted by Crippen LogP contribution is -2.42. The molecule has 1 fully saturated rings. The van der Waals surface area contributed by atoms with Crippen molar-refractivity contribution >= 4 is 16.0 Å². The Morgan fingerprint density at radius 2 is 1.80 bits per heavy atom. The number of rotatable bonds is 7. The second kappa shape index (κ2) is 8.59. The van der Waals surface area contributed by atoms with Crippen molar-refractivity contribution in [3.63, 3.8) is 0 Å². The van der Waals surface area contributed by atoms with E-state index in [0.717, 1.165) is 12.8 Å². The van der Waals surface area contributed by atoms with Crippen LogP contribution in [0.4, 0.5) is 0 Å². The summed E-state index contributed by atoms with van der Waals surface area (Å²) in [5, 5.41) is 2.20. The topological polar surface area (TPSA) is 84.5 Å². The molecule has 1 aliphatic carbocycles. The maximum Gasteiger partial charge on any atom is 0.325 e. The van der Waals surface area contributed by atoms with Gasteiger partial charge in [0.15, 0.2) is 5.25 Å². The van der Waals surface area contributed by atoms with E-state index in [1.807, 2.05) is 0 Å². The van der Waals surface area contributed by atoms with E-state index in [1.54, 1.807) is 0 Å². The summed E-state index contributed by atoms with van der Waals surface area (Å²) in [6, 6.07) is 0.486. The van der Waals surface area contributed by atoms with Crippen molar-refractivity contribution in [3.8, 4) is 0 Å². The smallest absolute Gasteiger partial charge is 0.325 e. The van der Waals surface area contributed by atoms with Crippen LogP contribution >= 0.6 is 0 Å². The van der Waals surface area contributed by atoms with Crippen LogP contribution in [0.2, 0.25) is 0 Å². The minimum atomic E-state index is -3.65. The van der Waals surface area contributed by atoms with Gasteiger partial charge in [0.25, 0.3) is 0 Å². The number of carbonyl (C=O) groups is 1. The Labute approximate surface area is 121 Å². The third kappa shape index (κ3) is 5.76. The van der Waals surface area contributed by atoms with Crippen molar-refractivity contribution in [1.29, 1.82) is 0 Å². The molecule has 0 spiro atoms. The lowest BCUT2D eigenvalue weighted by Gasteiger charge is -2.17. The second-order valence-corrected chi connectivity index (χ2v) is 7.33. The predicted molar refractivity (Wildman–Crippen MR) is 77.9 cm³/mol. The van der Waals surface area contributed by atoms with Gasteiger partial charge in [-0.15, -0.1) is 0 Å². The molecule has 6 nitrogen and oxygen atoms in total. The van der Waals surface area contributed by atoms with Gasteiger partial charge < -0.3 is 10.1 Å². The molecule has 0 bridgehead atoms. The van der Waals surface area contributed by atoms with Crippen LogP contribution < -0.4 is 10.0 Å². The molecular weight excluding hydrogens is 280 g/mol. The lowest BCUT2D eigenvalue weighted by molar-refractivity contribution is -0.139. The second-order valence-electron chi connectivity index (χ2n) is 5.25. The molecule has 1 unspecified atom stereocenters. The van der Waals surface area contributed by atoms with Crippen molar-refractivity contribution < 1.29 is 17.9 Å². The van der Waals surface area contributed by atoms with Gasteiger partial charge in [0.05, 0.1) is 7.11 Å². The molecule has 0 aromatic rings. The number of esters is 1. The number of hydrogen-bond donors (Lipinski definition) is 2. The SMILES string of the molecule is COC(=O)C(C)S(=O)(=O)NCCNC1CCCCCC1. The molecule has 0 radical (unpaired) electrons. The first kappa shape index (κ1) is 17.4. The standard InChI is InChI=1S/C13H26N2O4S/c1-11(13(16)19-2)20(17,18)15-10-9-14-12-7-5-3-4-6-8-12/h11-12,14-15H,3-10H2,1-2H3. The first-order chi connectivity index (χ1) is 9.47. The van der Waals surface area contributed by atoms with Crippen molar-refractivity contribution in [3.05, 3.63) is 0 Å². The van der Waals surface area contributed by atoms with E-state index < -0.39 is 21.2 Å². The minimum Gasteiger partial charge on any atom is -0.468 e. The molecule has 118 valence electrons. The Morgan fingerprint density at radius 3 is 2.35 bits per heavy atom. The van der Waals surface area contributed by atoms with Gasteiger partial charge >= 0.3 is 5.97 Å². The van der Waals surface area contributed by atoms with Crippen molar-refractivity contribution in [2.24, 2.45) is 0 Å². The summed E-state index contributed by atoms with van der Waals surface area (Å²) < 4.78 is 30.5. The van der Waals surface area contributed by atoms with Crippen molar-refractivity contribution in [1.82, 2.24) is 10.0 Å². The van der Waals surface area contributed by atoms with Crippen LogP contribution in [0.1, 0.15) is 45.4 Å². The van der Waals surface area contributed by atoms with E-state index in [0.29, 0.717) is 19.1 Å². The Hall–Kier alpha value is -0.660. The molecule has 20 heavy (non-hydrogen) atoms. The van der Waals surface area contributed by atoms with Crippen LogP contribution in [0.5, 0.6) is 0 Å². The number of carbonyl (C=O) groups excluding carboxylic acids is 1. The molecule has 1 rings (SSSR count). The third-order valence-electron chi connectivity index (χ3n) is 3.71. The molecule has 7 heteroatoms. The highest BCUT2D eigenvalue weighted by atomic mass is 32.2. The van der Waals surface area contributed by atoms with E-state index in [-0.39, 0.29) is 0 Å². The highest BCUT2D eigenvalue weighted by Crippen LogP contribution is 2.16. The highest BCUT2D eigenvalue weighted by molar-refractivity contribution is 7.90. The molecule has 1 atom stereocenters. The van der Waals surface area contributed by atoms with Gasteiger partial charge in [-0.1, -0.05) is 25.7 Å². The Morgan fingerprint density at radius 1 is 1.20 bits per heavy atom. The summed E-state index contributed by atoms with van der Waals surface area (Å²) >= 11 is 0. The van der Waals surface area contributed by atoms with E-state index >= 15 is 0 Å². The summed E-state index contributed by atoms with van der Waals surface area (Å²) in [6.45, 7) is 2.20. The van der Waals surface area contributed by atoms with Crippen LogP contribution in [-0.4, -0.2) is 45.9 Å². The van der Waals surface area contributed by atoms with Crippen molar-refractivity contribution in [2.45, 2.75) is 56.7 Å². The predicted octanol–water partition coefficient (Wildman–Crippen LogP) is 0.780. The zero-order chi connectivity index (χ0) is 15.0. The number of hydrogen-bond acceptors (Lipinski definition) is 5. The van der Waals surface area contributed by atoms with E-state index in [4.69, 9.17) is 0 Å². The molecule has 0 aliphatic heterocycles. The largest absolute Gasteiger partial charge is 0.468 e. The molecule has 1 saturated carbocycles. The number of nitrogens with one attached hydrogen (secondary N) is 2.